The maximum atomic E-state index is 11.8. The first kappa shape index (κ1) is 12.1. The summed E-state index contributed by atoms with van der Waals surface area (Å²) >= 11 is 3.21. The SMILES string of the molecule is Cc1ccc(C(=O)NCC(F)F)c(Br)c1. The van der Waals surface area contributed by atoms with E-state index in [9.17, 15) is 13.6 Å². The van der Waals surface area contributed by atoms with Crippen LogP contribution in [0.4, 0.5) is 8.78 Å². The lowest BCUT2D eigenvalue weighted by Crippen LogP contribution is -2.28. The molecule has 0 saturated heterocycles. The van der Waals surface area contributed by atoms with Gasteiger partial charge in [0, 0.05) is 4.47 Å². The molecule has 0 atom stereocenters. The number of aryl methyl sites for hydroxylation is 1. The van der Waals surface area contributed by atoms with E-state index < -0.39 is 18.9 Å². The fourth-order valence-electron chi connectivity index (χ4n) is 1.07. The van der Waals surface area contributed by atoms with Gasteiger partial charge in [-0.15, -0.1) is 0 Å². The van der Waals surface area contributed by atoms with Crippen LogP contribution in [0.2, 0.25) is 0 Å². The van der Waals surface area contributed by atoms with Crippen molar-refractivity contribution in [1.29, 1.82) is 0 Å². The molecule has 0 bridgehead atoms. The Morgan fingerprint density at radius 3 is 2.73 bits per heavy atom. The predicted molar refractivity (Wildman–Crippen MR) is 57.2 cm³/mol. The molecule has 0 spiro atoms. The summed E-state index contributed by atoms with van der Waals surface area (Å²) in [6.45, 7) is 1.25. The van der Waals surface area contributed by atoms with Gasteiger partial charge in [-0.3, -0.25) is 4.79 Å². The van der Waals surface area contributed by atoms with Crippen molar-refractivity contribution in [3.05, 3.63) is 33.8 Å². The summed E-state index contributed by atoms with van der Waals surface area (Å²) in [5.41, 5.74) is 1.36. The molecule has 5 heteroatoms. The molecule has 0 radical (unpaired) electrons. The van der Waals surface area contributed by atoms with Crippen molar-refractivity contribution in [1.82, 2.24) is 5.32 Å². The number of hydrogen-bond donors (Lipinski definition) is 1. The Kier molecular flexibility index (Phi) is 4.20. The summed E-state index contributed by atoms with van der Waals surface area (Å²) < 4.78 is 24.3. The van der Waals surface area contributed by atoms with Crippen molar-refractivity contribution in [2.45, 2.75) is 13.3 Å². The summed E-state index contributed by atoms with van der Waals surface area (Å²) in [5.74, 6) is -0.498. The number of carbonyl (C=O) groups excluding carboxylic acids is 1. The van der Waals surface area contributed by atoms with Crippen molar-refractivity contribution in [2.24, 2.45) is 0 Å². The van der Waals surface area contributed by atoms with Crippen molar-refractivity contribution < 1.29 is 13.6 Å². The lowest BCUT2D eigenvalue weighted by Gasteiger charge is -2.06. The van der Waals surface area contributed by atoms with Crippen LogP contribution in [-0.4, -0.2) is 18.9 Å². The Morgan fingerprint density at radius 2 is 2.20 bits per heavy atom. The quantitative estimate of drug-likeness (QED) is 0.905. The minimum atomic E-state index is -2.53. The highest BCUT2D eigenvalue weighted by molar-refractivity contribution is 9.10. The minimum Gasteiger partial charge on any atom is -0.346 e. The number of halogens is 3. The monoisotopic (exact) mass is 277 g/mol. The zero-order valence-corrected chi connectivity index (χ0v) is 9.64. The fourth-order valence-corrected chi connectivity index (χ4v) is 1.74. The number of hydrogen-bond acceptors (Lipinski definition) is 1. The van der Waals surface area contributed by atoms with Crippen molar-refractivity contribution in [2.75, 3.05) is 6.54 Å². The van der Waals surface area contributed by atoms with E-state index in [1.165, 1.54) is 0 Å². The normalized spacial score (nSPS) is 10.5. The Bertz CT molecular complexity index is 368. The minimum absolute atomic E-state index is 0.362. The van der Waals surface area contributed by atoms with Crippen LogP contribution >= 0.6 is 15.9 Å². The van der Waals surface area contributed by atoms with Crippen LogP contribution in [0.1, 0.15) is 15.9 Å². The topological polar surface area (TPSA) is 29.1 Å². The van der Waals surface area contributed by atoms with E-state index in [1.54, 1.807) is 18.2 Å². The van der Waals surface area contributed by atoms with E-state index in [4.69, 9.17) is 0 Å². The second kappa shape index (κ2) is 5.21. The summed E-state index contributed by atoms with van der Waals surface area (Å²) in [5, 5.41) is 2.14. The highest BCUT2D eigenvalue weighted by atomic mass is 79.9. The zero-order chi connectivity index (χ0) is 11.4. The van der Waals surface area contributed by atoms with Gasteiger partial charge in [0.15, 0.2) is 0 Å². The third-order valence-electron chi connectivity index (χ3n) is 1.79. The molecule has 1 aromatic rings. The molecule has 0 fully saturated rings. The summed E-state index contributed by atoms with van der Waals surface area (Å²) in [4.78, 5) is 11.4. The number of nitrogens with one attached hydrogen (secondary N) is 1. The van der Waals surface area contributed by atoms with E-state index >= 15 is 0 Å². The first-order valence-electron chi connectivity index (χ1n) is 4.33. The number of amides is 1. The Labute approximate surface area is 94.8 Å². The average Bonchev–Trinajstić information content (AvgIpc) is 2.14. The zero-order valence-electron chi connectivity index (χ0n) is 8.06. The number of benzene rings is 1. The van der Waals surface area contributed by atoms with E-state index in [2.05, 4.69) is 21.2 Å². The molecule has 0 aromatic heterocycles. The Morgan fingerprint density at radius 1 is 1.53 bits per heavy atom. The Hall–Kier alpha value is -0.970. The molecular weight excluding hydrogens is 268 g/mol. The standard InChI is InChI=1S/C10H10BrF2NO/c1-6-2-3-7(8(11)4-6)10(15)14-5-9(12)13/h2-4,9H,5H2,1H3,(H,14,15). The second-order valence-electron chi connectivity index (χ2n) is 3.08. The van der Waals surface area contributed by atoms with Gasteiger partial charge in [-0.2, -0.15) is 0 Å². The van der Waals surface area contributed by atoms with Gasteiger partial charge in [0.1, 0.15) is 0 Å². The van der Waals surface area contributed by atoms with E-state index in [0.29, 0.717) is 10.0 Å². The molecule has 1 aromatic carbocycles. The summed E-state index contributed by atoms with van der Waals surface area (Å²) in [7, 11) is 0. The van der Waals surface area contributed by atoms with Crippen molar-refractivity contribution in [3.8, 4) is 0 Å². The van der Waals surface area contributed by atoms with Crippen LogP contribution in [0, 0.1) is 6.92 Å². The average molecular weight is 278 g/mol. The van der Waals surface area contributed by atoms with Gasteiger partial charge < -0.3 is 5.32 Å². The largest absolute Gasteiger partial charge is 0.346 e. The van der Waals surface area contributed by atoms with Crippen LogP contribution in [-0.2, 0) is 0 Å². The predicted octanol–water partition coefficient (Wildman–Crippen LogP) is 2.75. The molecule has 0 aliphatic carbocycles. The molecule has 1 rings (SSSR count). The number of alkyl halides is 2. The first-order chi connectivity index (χ1) is 7.00. The van der Waals surface area contributed by atoms with Crippen molar-refractivity contribution >= 4 is 21.8 Å². The highest BCUT2D eigenvalue weighted by Gasteiger charge is 2.11. The smallest absolute Gasteiger partial charge is 0.255 e. The Balaban J connectivity index is 2.74. The molecular formula is C10H10BrF2NO. The van der Waals surface area contributed by atoms with Crippen LogP contribution in [0.15, 0.2) is 22.7 Å². The molecule has 15 heavy (non-hydrogen) atoms. The van der Waals surface area contributed by atoms with Crippen LogP contribution in [0.25, 0.3) is 0 Å². The van der Waals surface area contributed by atoms with Crippen LogP contribution in [0.5, 0.6) is 0 Å². The first-order valence-corrected chi connectivity index (χ1v) is 5.12. The van der Waals surface area contributed by atoms with Gasteiger partial charge in [-0.05, 0) is 40.5 Å². The van der Waals surface area contributed by atoms with Crippen molar-refractivity contribution in [3.63, 3.8) is 0 Å². The molecule has 1 amide bonds. The lowest BCUT2D eigenvalue weighted by atomic mass is 10.1. The fraction of sp³-hybridized carbons (Fsp3) is 0.300. The van der Waals surface area contributed by atoms with E-state index in [-0.39, 0.29) is 0 Å². The van der Waals surface area contributed by atoms with Gasteiger partial charge in [-0.25, -0.2) is 8.78 Å². The van der Waals surface area contributed by atoms with Gasteiger partial charge in [0.05, 0.1) is 12.1 Å². The molecule has 2 nitrogen and oxygen atoms in total. The van der Waals surface area contributed by atoms with Crippen LogP contribution < -0.4 is 5.32 Å². The molecule has 0 aliphatic heterocycles. The summed E-state index contributed by atoms with van der Waals surface area (Å²) in [6, 6.07) is 5.11. The number of carbonyl (C=O) groups is 1. The maximum absolute atomic E-state index is 11.8. The third-order valence-corrected chi connectivity index (χ3v) is 2.44. The molecule has 1 N–H and O–H groups in total. The molecule has 0 unspecified atom stereocenters. The van der Waals surface area contributed by atoms with E-state index in [0.717, 1.165) is 5.56 Å². The maximum Gasteiger partial charge on any atom is 0.255 e. The van der Waals surface area contributed by atoms with E-state index in [1.807, 2.05) is 6.92 Å². The van der Waals surface area contributed by atoms with Gasteiger partial charge >= 0.3 is 0 Å². The molecule has 0 saturated carbocycles. The third kappa shape index (κ3) is 3.58. The molecule has 0 heterocycles. The van der Waals surface area contributed by atoms with Crippen LogP contribution in [0.3, 0.4) is 0 Å². The van der Waals surface area contributed by atoms with Gasteiger partial charge in [0.2, 0.25) is 0 Å². The molecule has 82 valence electrons. The highest BCUT2D eigenvalue weighted by Crippen LogP contribution is 2.18. The van der Waals surface area contributed by atoms with Gasteiger partial charge in [-0.1, -0.05) is 6.07 Å². The number of rotatable bonds is 3. The van der Waals surface area contributed by atoms with Gasteiger partial charge in [0.25, 0.3) is 12.3 Å². The lowest BCUT2D eigenvalue weighted by molar-refractivity contribution is 0.0891. The summed E-state index contributed by atoms with van der Waals surface area (Å²) in [6.07, 6.45) is -2.53. The second-order valence-corrected chi connectivity index (χ2v) is 3.94. The molecule has 0 aliphatic rings.